The second-order valence-electron chi connectivity index (χ2n) is 5.08. The number of nitrogens with zero attached hydrogens (tertiary/aromatic N) is 1. The van der Waals surface area contributed by atoms with Gasteiger partial charge in [0.05, 0.1) is 17.7 Å². The lowest BCUT2D eigenvalue weighted by Crippen LogP contribution is -2.40. The maximum absolute atomic E-state index is 12.5. The predicted molar refractivity (Wildman–Crippen MR) is 82.1 cm³/mol. The van der Waals surface area contributed by atoms with Crippen molar-refractivity contribution in [2.24, 2.45) is 0 Å². The number of carbonyl (C=O) groups excluding carboxylic acids is 2. The lowest BCUT2D eigenvalue weighted by atomic mass is 9.88. The van der Waals surface area contributed by atoms with E-state index in [1.54, 1.807) is 0 Å². The molecule has 2 aromatic carbocycles. The number of amides is 2. The van der Waals surface area contributed by atoms with Gasteiger partial charge in [-0.2, -0.15) is 0 Å². The molecule has 7 nitrogen and oxygen atoms in total. The summed E-state index contributed by atoms with van der Waals surface area (Å²) in [6.45, 7) is -0.236. The van der Waals surface area contributed by atoms with E-state index in [2.05, 4.69) is 5.92 Å². The van der Waals surface area contributed by atoms with Crippen LogP contribution in [0, 0.1) is 12.3 Å². The Labute approximate surface area is 135 Å². The average molecular weight is 323 g/mol. The highest BCUT2D eigenvalue weighted by Crippen LogP contribution is 2.34. The molecule has 2 amide bonds. The number of rotatable bonds is 3. The first-order valence-electron chi connectivity index (χ1n) is 6.74. The van der Waals surface area contributed by atoms with Crippen LogP contribution in [0.3, 0.4) is 0 Å². The number of carbonyl (C=O) groups is 4. The molecule has 0 unspecified atom stereocenters. The molecular formula is C17H9NO6. The summed E-state index contributed by atoms with van der Waals surface area (Å²) in [4.78, 5) is 48.7. The van der Waals surface area contributed by atoms with Gasteiger partial charge in [-0.25, -0.2) is 9.59 Å². The molecular weight excluding hydrogens is 314 g/mol. The fourth-order valence-electron chi connectivity index (χ4n) is 2.83. The van der Waals surface area contributed by atoms with Crippen molar-refractivity contribution in [2.45, 2.75) is 0 Å². The van der Waals surface area contributed by atoms with E-state index in [1.807, 2.05) is 0 Å². The molecule has 2 N–H and O–H groups in total. The van der Waals surface area contributed by atoms with Crippen LogP contribution in [0.1, 0.15) is 41.4 Å². The van der Waals surface area contributed by atoms with E-state index in [0.717, 1.165) is 17.0 Å². The van der Waals surface area contributed by atoms with Crippen LogP contribution in [-0.4, -0.2) is 45.4 Å². The lowest BCUT2D eigenvalue weighted by molar-refractivity contribution is 0.0624. The molecule has 2 aromatic rings. The minimum atomic E-state index is -1.35. The largest absolute Gasteiger partial charge is 0.478 e. The summed E-state index contributed by atoms with van der Waals surface area (Å²) in [5.74, 6) is -1.86. The van der Waals surface area contributed by atoms with Crippen molar-refractivity contribution in [3.8, 4) is 12.3 Å². The molecule has 0 bridgehead atoms. The fourth-order valence-corrected chi connectivity index (χ4v) is 2.83. The van der Waals surface area contributed by atoms with E-state index < -0.39 is 23.8 Å². The second kappa shape index (κ2) is 5.21. The van der Waals surface area contributed by atoms with Crippen molar-refractivity contribution in [3.05, 3.63) is 46.5 Å². The molecule has 0 radical (unpaired) electrons. The van der Waals surface area contributed by atoms with Crippen LogP contribution in [-0.2, 0) is 0 Å². The summed E-state index contributed by atoms with van der Waals surface area (Å²) in [7, 11) is 0. The van der Waals surface area contributed by atoms with Crippen LogP contribution in [0.4, 0.5) is 0 Å². The first-order chi connectivity index (χ1) is 11.4. The predicted octanol–water partition coefficient (Wildman–Crippen LogP) is 1.47. The third kappa shape index (κ3) is 1.94. The number of imide groups is 1. The van der Waals surface area contributed by atoms with E-state index in [9.17, 15) is 29.4 Å². The maximum atomic E-state index is 12.5. The summed E-state index contributed by atoms with van der Waals surface area (Å²) in [5, 5.41) is 18.5. The van der Waals surface area contributed by atoms with E-state index in [1.165, 1.54) is 12.1 Å². The highest BCUT2D eigenvalue weighted by Gasteiger charge is 2.34. The Morgan fingerprint density at radius 2 is 1.38 bits per heavy atom. The van der Waals surface area contributed by atoms with Gasteiger partial charge in [-0.1, -0.05) is 5.92 Å². The zero-order valence-corrected chi connectivity index (χ0v) is 12.1. The number of aromatic carboxylic acids is 2. The average Bonchev–Trinajstić information content (AvgIpc) is 2.55. The standard InChI is InChI=1S/C17H9NO6/c1-2-7-18-14(19)8-3-5-10(16(21)22)13-11(17(23)24)6-4-9(12(8)13)15(18)20/h1,3-6H,7H2,(H,21,22)(H,23,24). The number of carboxylic acid groups (broad SMARTS) is 2. The van der Waals surface area contributed by atoms with Gasteiger partial charge in [0.2, 0.25) is 0 Å². The van der Waals surface area contributed by atoms with Crippen molar-refractivity contribution in [3.63, 3.8) is 0 Å². The van der Waals surface area contributed by atoms with Crippen molar-refractivity contribution in [1.82, 2.24) is 4.90 Å². The lowest BCUT2D eigenvalue weighted by Gasteiger charge is -2.26. The topological polar surface area (TPSA) is 112 Å². The van der Waals surface area contributed by atoms with Gasteiger partial charge >= 0.3 is 11.9 Å². The summed E-state index contributed by atoms with van der Waals surface area (Å²) in [5.41, 5.74) is -0.496. The Morgan fingerprint density at radius 1 is 0.917 bits per heavy atom. The number of hydrogen-bond donors (Lipinski definition) is 2. The molecule has 0 atom stereocenters. The zero-order chi connectivity index (χ0) is 17.6. The number of hydrogen-bond acceptors (Lipinski definition) is 4. The zero-order valence-electron chi connectivity index (χ0n) is 12.1. The first kappa shape index (κ1) is 15.2. The molecule has 0 saturated heterocycles. The molecule has 0 aromatic heterocycles. The summed E-state index contributed by atoms with van der Waals surface area (Å²) >= 11 is 0. The van der Waals surface area contributed by atoms with E-state index in [-0.39, 0.29) is 39.6 Å². The SMILES string of the molecule is C#CCN1C(=O)c2ccc(C(=O)O)c3c(C(=O)O)ccc(c23)C1=O. The second-order valence-corrected chi connectivity index (χ2v) is 5.08. The third-order valence-corrected chi connectivity index (χ3v) is 3.82. The maximum Gasteiger partial charge on any atom is 0.336 e. The Balaban J connectivity index is 2.49. The molecule has 118 valence electrons. The highest BCUT2D eigenvalue weighted by atomic mass is 16.4. The molecule has 1 aliphatic rings. The summed E-state index contributed by atoms with van der Waals surface area (Å²) in [6, 6.07) is 4.83. The van der Waals surface area contributed by atoms with Crippen LogP contribution in [0.15, 0.2) is 24.3 Å². The van der Waals surface area contributed by atoms with Crippen LogP contribution >= 0.6 is 0 Å². The Kier molecular flexibility index (Phi) is 3.31. The molecule has 24 heavy (non-hydrogen) atoms. The van der Waals surface area contributed by atoms with Gasteiger partial charge in [0.25, 0.3) is 11.8 Å². The quantitative estimate of drug-likeness (QED) is 0.653. The van der Waals surface area contributed by atoms with Gasteiger partial charge in [-0.05, 0) is 24.3 Å². The van der Waals surface area contributed by atoms with Gasteiger partial charge in [-0.3, -0.25) is 14.5 Å². The van der Waals surface area contributed by atoms with Crippen LogP contribution in [0.25, 0.3) is 10.8 Å². The minimum Gasteiger partial charge on any atom is -0.478 e. The molecule has 3 rings (SSSR count). The number of carboxylic acids is 2. The molecule has 0 saturated carbocycles. The van der Waals surface area contributed by atoms with Gasteiger partial charge in [0.1, 0.15) is 0 Å². The Hall–Kier alpha value is -3.66. The van der Waals surface area contributed by atoms with Crippen LogP contribution < -0.4 is 0 Å². The van der Waals surface area contributed by atoms with Crippen molar-refractivity contribution < 1.29 is 29.4 Å². The van der Waals surface area contributed by atoms with Crippen molar-refractivity contribution in [1.29, 1.82) is 0 Å². The summed E-state index contributed by atoms with van der Waals surface area (Å²) < 4.78 is 0. The van der Waals surface area contributed by atoms with Crippen LogP contribution in [0.5, 0.6) is 0 Å². The Morgan fingerprint density at radius 3 is 1.75 bits per heavy atom. The molecule has 0 fully saturated rings. The van der Waals surface area contributed by atoms with Gasteiger partial charge in [0, 0.05) is 21.9 Å². The number of terminal acetylenes is 1. The summed E-state index contributed by atoms with van der Waals surface area (Å²) in [6.07, 6.45) is 5.18. The van der Waals surface area contributed by atoms with Gasteiger partial charge in [-0.15, -0.1) is 6.42 Å². The van der Waals surface area contributed by atoms with E-state index >= 15 is 0 Å². The smallest absolute Gasteiger partial charge is 0.336 e. The van der Waals surface area contributed by atoms with Crippen LogP contribution in [0.2, 0.25) is 0 Å². The fraction of sp³-hybridized carbons (Fsp3) is 0.0588. The highest BCUT2D eigenvalue weighted by molar-refractivity contribution is 6.29. The molecule has 0 aliphatic carbocycles. The van der Waals surface area contributed by atoms with Crippen molar-refractivity contribution in [2.75, 3.05) is 6.54 Å². The van der Waals surface area contributed by atoms with Gasteiger partial charge in [0.15, 0.2) is 0 Å². The van der Waals surface area contributed by atoms with E-state index in [4.69, 9.17) is 6.42 Å². The molecule has 7 heteroatoms. The molecule has 1 aliphatic heterocycles. The number of benzene rings is 2. The first-order valence-corrected chi connectivity index (χ1v) is 6.74. The minimum absolute atomic E-state index is 0.0260. The third-order valence-electron chi connectivity index (χ3n) is 3.82. The van der Waals surface area contributed by atoms with Gasteiger partial charge < -0.3 is 10.2 Å². The normalized spacial score (nSPS) is 13.0. The Bertz CT molecular complexity index is 930. The molecule has 0 spiro atoms. The molecule has 1 heterocycles. The van der Waals surface area contributed by atoms with E-state index in [0.29, 0.717) is 0 Å². The monoisotopic (exact) mass is 323 g/mol. The van der Waals surface area contributed by atoms with Crippen molar-refractivity contribution >= 4 is 34.5 Å².